The maximum Gasteiger partial charge on any atom is 0.214 e. The number of carbonyl (C=O) groups excluding carboxylic acids is 1. The number of rotatable bonds is 2. The van der Waals surface area contributed by atoms with Gasteiger partial charge in [-0.2, -0.15) is 0 Å². The molecule has 1 radical (unpaired) electrons. The molecule has 1 rings (SSSR count). The third kappa shape index (κ3) is 1.76. The Morgan fingerprint density at radius 2 is 2.10 bits per heavy atom. The average molecular weight is 138 g/mol. The van der Waals surface area contributed by atoms with E-state index in [2.05, 4.69) is 0 Å². The van der Waals surface area contributed by atoms with Crippen LogP contribution in [-0.4, -0.2) is 31.2 Å². The van der Waals surface area contributed by atoms with Crippen molar-refractivity contribution >= 4 is 13.2 Å². The zero-order valence-corrected chi connectivity index (χ0v) is 6.47. The normalized spacial score (nSPS) is 17.5. The minimum absolute atomic E-state index is 0.292. The molecule has 3 heteroatoms. The van der Waals surface area contributed by atoms with Crippen molar-refractivity contribution in [3.8, 4) is 0 Å². The monoisotopic (exact) mass is 138 g/mol. The van der Waals surface area contributed by atoms with E-state index in [1.54, 1.807) is 0 Å². The predicted molar refractivity (Wildman–Crippen MR) is 42.2 cm³/mol. The van der Waals surface area contributed by atoms with Gasteiger partial charge >= 0.3 is 0 Å². The first-order chi connectivity index (χ1) is 4.84. The second kappa shape index (κ2) is 3.64. The highest BCUT2D eigenvalue weighted by atomic mass is 16.2. The number of nitrogens with zero attached hydrogens (tertiary/aromatic N) is 1. The summed E-state index contributed by atoms with van der Waals surface area (Å²) in [6.07, 6.45) is 2.99. The Labute approximate surface area is 62.8 Å². The van der Waals surface area contributed by atoms with E-state index >= 15 is 0 Å². The van der Waals surface area contributed by atoms with Gasteiger partial charge in [0.15, 0.2) is 0 Å². The lowest BCUT2D eigenvalue weighted by Crippen LogP contribution is -2.27. The number of amides is 1. The summed E-state index contributed by atoms with van der Waals surface area (Å²) >= 11 is 0. The minimum atomic E-state index is 0.292. The van der Waals surface area contributed by atoms with Gasteiger partial charge in [0, 0.05) is 13.1 Å². The second-order valence-electron chi connectivity index (χ2n) is 2.70. The van der Waals surface area contributed by atoms with Gasteiger partial charge < -0.3 is 4.90 Å². The van der Waals surface area contributed by atoms with E-state index in [0.29, 0.717) is 12.2 Å². The summed E-state index contributed by atoms with van der Waals surface area (Å²) < 4.78 is 0. The van der Waals surface area contributed by atoms with E-state index in [9.17, 15) is 4.79 Å². The van der Waals surface area contributed by atoms with Crippen molar-refractivity contribution in [2.45, 2.75) is 26.0 Å². The maximum atomic E-state index is 11.1. The molecule has 0 bridgehead atoms. The molecule has 55 valence electrons. The molecule has 1 amide bonds. The zero-order chi connectivity index (χ0) is 7.40. The Morgan fingerprint density at radius 3 is 2.60 bits per heavy atom. The maximum absolute atomic E-state index is 11.1. The number of carbonyl (C=O) groups is 1. The van der Waals surface area contributed by atoms with Gasteiger partial charge in [-0.1, -0.05) is 6.82 Å². The van der Waals surface area contributed by atoms with E-state index in [-0.39, 0.29) is 0 Å². The Kier molecular flexibility index (Phi) is 2.78. The van der Waals surface area contributed by atoms with Crippen LogP contribution < -0.4 is 0 Å². The summed E-state index contributed by atoms with van der Waals surface area (Å²) in [5.74, 6) is 0.292. The van der Waals surface area contributed by atoms with Gasteiger partial charge in [-0.15, -0.1) is 0 Å². The van der Waals surface area contributed by atoms with Crippen molar-refractivity contribution in [3.63, 3.8) is 0 Å². The fourth-order valence-corrected chi connectivity index (χ4v) is 1.27. The van der Waals surface area contributed by atoms with Crippen LogP contribution in [0.3, 0.4) is 0 Å². The molecule has 0 aromatic heterocycles. The lowest BCUT2D eigenvalue weighted by molar-refractivity contribution is -0.127. The summed E-state index contributed by atoms with van der Waals surface area (Å²) in [5, 5.41) is 0. The molecule has 0 saturated carbocycles. The van der Waals surface area contributed by atoms with Crippen LogP contribution in [0.4, 0.5) is 0 Å². The molecule has 1 heterocycles. The van der Waals surface area contributed by atoms with E-state index in [0.717, 1.165) is 13.1 Å². The summed E-state index contributed by atoms with van der Waals surface area (Å²) in [6.45, 7) is 3.88. The van der Waals surface area contributed by atoms with Crippen LogP contribution in [0.2, 0.25) is 13.1 Å². The molecule has 1 aliphatic heterocycles. The Morgan fingerprint density at radius 1 is 1.50 bits per heavy atom. The van der Waals surface area contributed by atoms with Crippen LogP contribution in [0.1, 0.15) is 12.8 Å². The van der Waals surface area contributed by atoms with Gasteiger partial charge in [0.2, 0.25) is 5.91 Å². The Balaban J connectivity index is 2.25. The van der Waals surface area contributed by atoms with E-state index in [4.69, 9.17) is 0 Å². The first-order valence-corrected chi connectivity index (χ1v) is 3.90. The van der Waals surface area contributed by atoms with Crippen molar-refractivity contribution in [2.24, 2.45) is 0 Å². The molecule has 0 aromatic rings. The van der Waals surface area contributed by atoms with Crippen molar-refractivity contribution in [2.75, 3.05) is 13.1 Å². The molecule has 10 heavy (non-hydrogen) atoms. The lowest BCUT2D eigenvalue weighted by atomic mass is 9.78. The van der Waals surface area contributed by atoms with Gasteiger partial charge in [-0.25, -0.2) is 0 Å². The summed E-state index contributed by atoms with van der Waals surface area (Å²) in [5.41, 5.74) is 0. The average Bonchev–Trinajstić information content (AvgIpc) is 2.38. The molecule has 0 aromatic carbocycles. The first-order valence-electron chi connectivity index (χ1n) is 3.90. The Hall–Kier alpha value is -0.465. The third-order valence-corrected chi connectivity index (χ3v) is 1.84. The van der Waals surface area contributed by atoms with E-state index in [1.165, 1.54) is 12.8 Å². The van der Waals surface area contributed by atoms with Crippen LogP contribution in [0, 0.1) is 0 Å². The molecule has 1 fully saturated rings. The fraction of sp³-hybridized carbons (Fsp3) is 0.857. The van der Waals surface area contributed by atoms with E-state index < -0.39 is 0 Å². The smallest absolute Gasteiger partial charge is 0.214 e. The topological polar surface area (TPSA) is 20.3 Å². The highest BCUT2D eigenvalue weighted by Crippen LogP contribution is 2.08. The van der Waals surface area contributed by atoms with Gasteiger partial charge in [0.05, 0.1) is 0 Å². The van der Waals surface area contributed by atoms with Crippen LogP contribution in [0.25, 0.3) is 0 Å². The predicted octanol–water partition coefficient (Wildman–Crippen LogP) is 0.779. The highest BCUT2D eigenvalue weighted by molar-refractivity contribution is 6.39. The van der Waals surface area contributed by atoms with Crippen LogP contribution in [0.15, 0.2) is 0 Å². The van der Waals surface area contributed by atoms with Crippen molar-refractivity contribution in [1.29, 1.82) is 0 Å². The number of hydrogen-bond acceptors (Lipinski definition) is 1. The van der Waals surface area contributed by atoms with Crippen molar-refractivity contribution < 1.29 is 4.79 Å². The van der Waals surface area contributed by atoms with Gasteiger partial charge in [0.1, 0.15) is 7.28 Å². The van der Waals surface area contributed by atoms with Crippen molar-refractivity contribution in [1.82, 2.24) is 4.90 Å². The molecule has 0 atom stereocenters. The zero-order valence-electron chi connectivity index (χ0n) is 6.47. The van der Waals surface area contributed by atoms with Crippen molar-refractivity contribution in [3.05, 3.63) is 0 Å². The minimum Gasteiger partial charge on any atom is -0.343 e. The third-order valence-electron chi connectivity index (χ3n) is 1.84. The largest absolute Gasteiger partial charge is 0.343 e. The molecule has 2 nitrogen and oxygen atoms in total. The van der Waals surface area contributed by atoms with Gasteiger partial charge in [-0.05, 0) is 19.2 Å². The Bertz CT molecular complexity index is 121. The summed E-state index contributed by atoms with van der Waals surface area (Å²) in [4.78, 5) is 13.1. The molecule has 0 N–H and O–H groups in total. The summed E-state index contributed by atoms with van der Waals surface area (Å²) in [6, 6.07) is 0. The highest BCUT2D eigenvalue weighted by Gasteiger charge is 2.15. The SMILES string of the molecule is C[B]CC(=O)N1CCCC1. The van der Waals surface area contributed by atoms with E-state index in [1.807, 2.05) is 19.0 Å². The van der Waals surface area contributed by atoms with Gasteiger partial charge in [0.25, 0.3) is 0 Å². The molecular formula is C7H13BNO. The molecule has 1 aliphatic rings. The number of hydrogen-bond donors (Lipinski definition) is 0. The molecule has 0 spiro atoms. The molecular weight excluding hydrogens is 125 g/mol. The summed E-state index contributed by atoms with van der Waals surface area (Å²) in [7, 11) is 1.92. The lowest BCUT2D eigenvalue weighted by Gasteiger charge is -2.13. The van der Waals surface area contributed by atoms with Crippen LogP contribution in [-0.2, 0) is 4.79 Å². The quantitative estimate of drug-likeness (QED) is 0.516. The first kappa shape index (κ1) is 7.64. The fourth-order valence-electron chi connectivity index (χ4n) is 1.27. The number of likely N-dealkylation sites (tertiary alicyclic amines) is 1. The van der Waals surface area contributed by atoms with Crippen LogP contribution in [0.5, 0.6) is 0 Å². The van der Waals surface area contributed by atoms with Crippen LogP contribution >= 0.6 is 0 Å². The molecule has 1 saturated heterocycles. The molecule has 0 unspecified atom stereocenters. The second-order valence-corrected chi connectivity index (χ2v) is 2.70. The standard InChI is InChI=1S/C7H13BNO/c1-8-6-7(10)9-4-2-3-5-9/h2-6H2,1H3. The van der Waals surface area contributed by atoms with Gasteiger partial charge in [-0.3, -0.25) is 4.79 Å². The molecule has 0 aliphatic carbocycles.